The van der Waals surface area contributed by atoms with Crippen LogP contribution in [0.2, 0.25) is 0 Å². The molecule has 1 heterocycles. The molecule has 3 nitrogen and oxygen atoms in total. The van der Waals surface area contributed by atoms with Crippen LogP contribution in [0.15, 0.2) is 0 Å². The SMILES string of the molecule is COCC(=O)N1CC(C)(F)C1. The molecule has 64 valence electrons. The monoisotopic (exact) mass is 161 g/mol. The van der Waals surface area contributed by atoms with E-state index in [0.717, 1.165) is 0 Å². The van der Waals surface area contributed by atoms with E-state index in [4.69, 9.17) is 0 Å². The Labute approximate surface area is 65.1 Å². The van der Waals surface area contributed by atoms with Crippen LogP contribution in [0.3, 0.4) is 0 Å². The minimum atomic E-state index is -1.18. The second kappa shape index (κ2) is 2.77. The minimum Gasteiger partial charge on any atom is -0.375 e. The fourth-order valence-corrected chi connectivity index (χ4v) is 1.14. The molecule has 0 aromatic carbocycles. The zero-order valence-corrected chi connectivity index (χ0v) is 6.76. The van der Waals surface area contributed by atoms with Gasteiger partial charge >= 0.3 is 0 Å². The number of ether oxygens (including phenoxy) is 1. The van der Waals surface area contributed by atoms with Crippen molar-refractivity contribution in [3.63, 3.8) is 0 Å². The van der Waals surface area contributed by atoms with E-state index in [9.17, 15) is 9.18 Å². The largest absolute Gasteiger partial charge is 0.375 e. The van der Waals surface area contributed by atoms with Crippen molar-refractivity contribution in [1.82, 2.24) is 4.90 Å². The molecule has 1 aliphatic heterocycles. The highest BCUT2D eigenvalue weighted by molar-refractivity contribution is 5.78. The van der Waals surface area contributed by atoms with E-state index in [1.54, 1.807) is 0 Å². The second-order valence-electron chi connectivity index (χ2n) is 3.10. The van der Waals surface area contributed by atoms with E-state index in [1.807, 2.05) is 0 Å². The van der Waals surface area contributed by atoms with Crippen LogP contribution in [-0.4, -0.2) is 43.3 Å². The van der Waals surface area contributed by atoms with E-state index < -0.39 is 5.67 Å². The highest BCUT2D eigenvalue weighted by Crippen LogP contribution is 2.23. The Morgan fingerprint density at radius 3 is 2.64 bits per heavy atom. The Balaban J connectivity index is 2.27. The lowest BCUT2D eigenvalue weighted by atomic mass is 9.99. The molecule has 11 heavy (non-hydrogen) atoms. The number of halogens is 1. The van der Waals surface area contributed by atoms with Crippen molar-refractivity contribution in [2.75, 3.05) is 26.8 Å². The lowest BCUT2D eigenvalue weighted by Gasteiger charge is -2.41. The molecule has 0 spiro atoms. The molecule has 0 atom stereocenters. The average Bonchev–Trinajstić information content (AvgIpc) is 1.83. The summed E-state index contributed by atoms with van der Waals surface area (Å²) in [4.78, 5) is 12.4. The van der Waals surface area contributed by atoms with Gasteiger partial charge in [-0.15, -0.1) is 0 Å². The van der Waals surface area contributed by atoms with Crippen LogP contribution in [0.4, 0.5) is 4.39 Å². The van der Waals surface area contributed by atoms with E-state index in [1.165, 1.54) is 18.9 Å². The maximum Gasteiger partial charge on any atom is 0.248 e. The number of nitrogens with zero attached hydrogens (tertiary/aromatic N) is 1. The van der Waals surface area contributed by atoms with E-state index in [2.05, 4.69) is 4.74 Å². The number of carbonyl (C=O) groups excluding carboxylic acids is 1. The van der Waals surface area contributed by atoms with Crippen molar-refractivity contribution >= 4 is 5.91 Å². The van der Waals surface area contributed by atoms with Crippen LogP contribution in [0.25, 0.3) is 0 Å². The van der Waals surface area contributed by atoms with Gasteiger partial charge in [0.1, 0.15) is 12.3 Å². The van der Waals surface area contributed by atoms with Gasteiger partial charge in [-0.3, -0.25) is 4.79 Å². The molecular weight excluding hydrogens is 149 g/mol. The third-order valence-electron chi connectivity index (χ3n) is 1.66. The van der Waals surface area contributed by atoms with Crippen LogP contribution in [0.5, 0.6) is 0 Å². The first-order valence-electron chi connectivity index (χ1n) is 3.51. The first kappa shape index (κ1) is 8.46. The summed E-state index contributed by atoms with van der Waals surface area (Å²) in [7, 11) is 1.45. The molecule has 0 aromatic heterocycles. The fraction of sp³-hybridized carbons (Fsp3) is 0.857. The van der Waals surface area contributed by atoms with Gasteiger partial charge in [-0.2, -0.15) is 0 Å². The third kappa shape index (κ3) is 1.89. The summed E-state index contributed by atoms with van der Waals surface area (Å²) >= 11 is 0. The molecule has 1 amide bonds. The first-order chi connectivity index (χ1) is 5.05. The minimum absolute atomic E-state index is 0.0517. The standard InChI is InChI=1S/C7H12FNO2/c1-7(8)4-9(5-7)6(10)3-11-2/h3-5H2,1-2H3. The Kier molecular flexibility index (Phi) is 2.13. The predicted molar refractivity (Wildman–Crippen MR) is 38.0 cm³/mol. The third-order valence-corrected chi connectivity index (χ3v) is 1.66. The second-order valence-corrected chi connectivity index (χ2v) is 3.10. The van der Waals surface area contributed by atoms with Crippen LogP contribution < -0.4 is 0 Å². The number of carbonyl (C=O) groups is 1. The van der Waals surface area contributed by atoms with Gasteiger partial charge in [0.25, 0.3) is 0 Å². The molecule has 0 bridgehead atoms. The average molecular weight is 161 g/mol. The summed E-state index contributed by atoms with van der Waals surface area (Å²) in [6.45, 7) is 1.95. The number of amides is 1. The maximum atomic E-state index is 12.8. The van der Waals surface area contributed by atoms with Gasteiger partial charge in [-0.1, -0.05) is 0 Å². The van der Waals surface area contributed by atoms with Crippen LogP contribution in [0.1, 0.15) is 6.92 Å². The molecule has 1 fully saturated rings. The van der Waals surface area contributed by atoms with E-state index >= 15 is 0 Å². The maximum absolute atomic E-state index is 12.8. The van der Waals surface area contributed by atoms with Crippen LogP contribution in [0, 0.1) is 0 Å². The molecule has 1 saturated heterocycles. The summed E-state index contributed by atoms with van der Waals surface area (Å²) in [5.74, 6) is -0.136. The van der Waals surface area contributed by atoms with Gasteiger partial charge in [0, 0.05) is 7.11 Å². The molecule has 0 unspecified atom stereocenters. The molecule has 1 rings (SSSR count). The molecule has 0 aliphatic carbocycles. The Hall–Kier alpha value is -0.640. The number of alkyl halides is 1. The molecule has 0 N–H and O–H groups in total. The molecule has 1 aliphatic rings. The van der Waals surface area contributed by atoms with Crippen molar-refractivity contribution in [2.45, 2.75) is 12.6 Å². The zero-order valence-electron chi connectivity index (χ0n) is 6.76. The van der Waals surface area contributed by atoms with Gasteiger partial charge in [-0.25, -0.2) is 4.39 Å². The smallest absolute Gasteiger partial charge is 0.248 e. The number of methoxy groups -OCH3 is 1. The van der Waals surface area contributed by atoms with E-state index in [0.29, 0.717) is 0 Å². The quantitative estimate of drug-likeness (QED) is 0.579. The van der Waals surface area contributed by atoms with Crippen molar-refractivity contribution in [3.8, 4) is 0 Å². The van der Waals surface area contributed by atoms with Crippen molar-refractivity contribution in [1.29, 1.82) is 0 Å². The van der Waals surface area contributed by atoms with Crippen molar-refractivity contribution in [2.24, 2.45) is 0 Å². The fourth-order valence-electron chi connectivity index (χ4n) is 1.14. The topological polar surface area (TPSA) is 29.5 Å². The first-order valence-corrected chi connectivity index (χ1v) is 3.51. The van der Waals surface area contributed by atoms with Gasteiger partial charge in [0.2, 0.25) is 5.91 Å². The summed E-state index contributed by atoms with van der Waals surface area (Å²) < 4.78 is 17.4. The molecule has 0 saturated carbocycles. The lowest BCUT2D eigenvalue weighted by molar-refractivity contribution is -0.147. The zero-order chi connectivity index (χ0) is 8.48. The van der Waals surface area contributed by atoms with Crippen LogP contribution >= 0.6 is 0 Å². The number of rotatable bonds is 2. The van der Waals surface area contributed by atoms with Gasteiger partial charge < -0.3 is 9.64 Å². The normalized spacial score (nSPS) is 21.2. The van der Waals surface area contributed by atoms with Gasteiger partial charge in [-0.05, 0) is 6.92 Å². The molecule has 0 radical (unpaired) electrons. The highest BCUT2D eigenvalue weighted by Gasteiger charge is 2.41. The lowest BCUT2D eigenvalue weighted by Crippen LogP contribution is -2.59. The number of hydrogen-bond acceptors (Lipinski definition) is 2. The van der Waals surface area contributed by atoms with Crippen LogP contribution in [-0.2, 0) is 9.53 Å². The highest BCUT2D eigenvalue weighted by atomic mass is 19.1. The Morgan fingerprint density at radius 1 is 1.73 bits per heavy atom. The predicted octanol–water partition coefficient (Wildman–Crippen LogP) is 0.203. The van der Waals surface area contributed by atoms with Crippen molar-refractivity contribution < 1.29 is 13.9 Å². The molecular formula is C7H12FNO2. The van der Waals surface area contributed by atoms with Gasteiger partial charge in [0.05, 0.1) is 13.1 Å². The molecule has 0 aromatic rings. The number of hydrogen-bond donors (Lipinski definition) is 0. The summed E-state index contributed by atoms with van der Waals surface area (Å²) in [5, 5.41) is 0. The Morgan fingerprint density at radius 2 is 2.27 bits per heavy atom. The van der Waals surface area contributed by atoms with Crippen molar-refractivity contribution in [3.05, 3.63) is 0 Å². The summed E-state index contributed by atoms with van der Waals surface area (Å²) in [6.07, 6.45) is 0. The molecule has 4 heteroatoms. The van der Waals surface area contributed by atoms with E-state index in [-0.39, 0.29) is 25.6 Å². The Bertz CT molecular complexity index is 162. The van der Waals surface area contributed by atoms with Gasteiger partial charge in [0.15, 0.2) is 0 Å². The number of likely N-dealkylation sites (tertiary alicyclic amines) is 1. The summed E-state index contributed by atoms with van der Waals surface area (Å²) in [6, 6.07) is 0. The summed E-state index contributed by atoms with van der Waals surface area (Å²) in [5.41, 5.74) is -1.18.